The summed E-state index contributed by atoms with van der Waals surface area (Å²) in [6, 6.07) is 8.07. The third-order valence-electron chi connectivity index (χ3n) is 11.4. The van der Waals surface area contributed by atoms with Crippen LogP contribution in [0.5, 0.6) is 0 Å². The molecular weight excluding hydrogens is 736 g/mol. The summed E-state index contributed by atoms with van der Waals surface area (Å²) in [4.78, 5) is 40.3. The van der Waals surface area contributed by atoms with Crippen LogP contribution in [0.2, 0.25) is 0 Å². The molecule has 4 aliphatic rings. The molecule has 1 aromatic carbocycles. The molecule has 56 heavy (non-hydrogen) atoms. The van der Waals surface area contributed by atoms with E-state index in [1.165, 1.54) is 26.2 Å². The molecule has 8 N–H and O–H groups in total. The molecule has 2 aliphatic heterocycles. The number of methoxy groups -OCH3 is 1. The highest BCUT2D eigenvalue weighted by molar-refractivity contribution is 5.89. The molecule has 2 saturated carbocycles. The molecule has 2 saturated heterocycles. The van der Waals surface area contributed by atoms with Gasteiger partial charge in [-0.15, -0.1) is 0 Å². The normalized spacial score (nSPS) is 37.3. The van der Waals surface area contributed by atoms with Gasteiger partial charge in [-0.05, 0) is 50.2 Å². The van der Waals surface area contributed by atoms with E-state index in [0.717, 1.165) is 32.1 Å². The largest absolute Gasteiger partial charge is 0.467 e. The van der Waals surface area contributed by atoms with Crippen LogP contribution in [0, 0.1) is 17.8 Å². The first kappa shape index (κ1) is 44.3. The number of aliphatic hydroxyl groups excluding tert-OH is 5. The molecule has 17 nitrogen and oxygen atoms in total. The summed E-state index contributed by atoms with van der Waals surface area (Å²) in [6.45, 7) is 3.06. The second-order valence-corrected chi connectivity index (χ2v) is 15.5. The highest BCUT2D eigenvalue weighted by Crippen LogP contribution is 2.39. The summed E-state index contributed by atoms with van der Waals surface area (Å²) in [5.74, 6) is -2.72. The summed E-state index contributed by atoms with van der Waals surface area (Å²) >= 11 is 0. The van der Waals surface area contributed by atoms with Gasteiger partial charge in [0, 0.05) is 19.0 Å². The van der Waals surface area contributed by atoms with Crippen molar-refractivity contribution in [3.05, 3.63) is 35.9 Å². The number of hydrogen-bond donors (Lipinski definition) is 7. The van der Waals surface area contributed by atoms with Gasteiger partial charge in [-0.1, -0.05) is 57.2 Å². The number of benzene rings is 1. The van der Waals surface area contributed by atoms with Gasteiger partial charge < -0.3 is 69.7 Å². The van der Waals surface area contributed by atoms with Crippen LogP contribution in [0.15, 0.2) is 30.3 Å². The van der Waals surface area contributed by atoms with Crippen LogP contribution in [0.3, 0.4) is 0 Å². The van der Waals surface area contributed by atoms with E-state index >= 15 is 0 Å². The quantitative estimate of drug-likeness (QED) is 0.115. The number of nitrogens with two attached hydrogens (primary N) is 1. The third kappa shape index (κ3) is 10.8. The second-order valence-electron chi connectivity index (χ2n) is 15.5. The number of hydrogen-bond acceptors (Lipinski definition) is 16. The molecule has 2 heterocycles. The minimum atomic E-state index is -1.64. The Morgan fingerprint density at radius 3 is 2.25 bits per heavy atom. The Balaban J connectivity index is 1.50. The van der Waals surface area contributed by atoms with Crippen molar-refractivity contribution in [2.45, 2.75) is 145 Å². The number of esters is 2. The Labute approximate surface area is 327 Å². The first-order chi connectivity index (χ1) is 26.9. The first-order valence-electron chi connectivity index (χ1n) is 19.8. The molecule has 316 valence electrons. The topological polar surface area (TPSA) is 255 Å². The van der Waals surface area contributed by atoms with E-state index < -0.39 is 110 Å². The lowest BCUT2D eigenvalue weighted by Gasteiger charge is -2.48. The summed E-state index contributed by atoms with van der Waals surface area (Å²) < 4.78 is 42.4. The van der Waals surface area contributed by atoms with Gasteiger partial charge in [0.05, 0.1) is 37.6 Å². The maximum Gasteiger partial charge on any atom is 0.338 e. The highest BCUT2D eigenvalue weighted by Gasteiger charge is 2.54. The van der Waals surface area contributed by atoms with Crippen LogP contribution in [-0.2, 0) is 42.7 Å². The van der Waals surface area contributed by atoms with Crippen LogP contribution in [-0.4, -0.2) is 150 Å². The number of ether oxygens (including phenoxy) is 7. The molecule has 2 aliphatic carbocycles. The molecule has 5 rings (SSSR count). The lowest BCUT2D eigenvalue weighted by Crippen LogP contribution is -2.64. The minimum absolute atomic E-state index is 0.0263. The fraction of sp³-hybridized carbons (Fsp3) is 0.769. The molecule has 14 unspecified atom stereocenters. The van der Waals surface area contributed by atoms with Crippen LogP contribution >= 0.6 is 0 Å². The van der Waals surface area contributed by atoms with Gasteiger partial charge in [0.1, 0.15) is 36.6 Å². The van der Waals surface area contributed by atoms with Gasteiger partial charge in [-0.25, -0.2) is 9.59 Å². The van der Waals surface area contributed by atoms with Gasteiger partial charge in [0.15, 0.2) is 24.8 Å². The predicted molar refractivity (Wildman–Crippen MR) is 195 cm³/mol. The van der Waals surface area contributed by atoms with Crippen LogP contribution in [0.25, 0.3) is 0 Å². The van der Waals surface area contributed by atoms with Crippen molar-refractivity contribution in [2.24, 2.45) is 23.5 Å². The van der Waals surface area contributed by atoms with Crippen molar-refractivity contribution in [1.82, 2.24) is 5.32 Å². The summed E-state index contributed by atoms with van der Waals surface area (Å²) in [5.41, 5.74) is 5.81. The summed E-state index contributed by atoms with van der Waals surface area (Å²) in [7, 11) is 1.23. The summed E-state index contributed by atoms with van der Waals surface area (Å²) in [5, 5.41) is 56.6. The van der Waals surface area contributed by atoms with E-state index in [4.69, 9.17) is 38.9 Å². The lowest BCUT2D eigenvalue weighted by atomic mass is 9.77. The van der Waals surface area contributed by atoms with Crippen LogP contribution in [0.4, 0.5) is 0 Å². The van der Waals surface area contributed by atoms with Crippen molar-refractivity contribution in [1.29, 1.82) is 0 Å². The van der Waals surface area contributed by atoms with Crippen molar-refractivity contribution in [3.8, 4) is 0 Å². The molecule has 0 aromatic heterocycles. The van der Waals surface area contributed by atoms with E-state index in [2.05, 4.69) is 5.32 Å². The zero-order chi connectivity index (χ0) is 40.5. The fourth-order valence-corrected chi connectivity index (χ4v) is 8.27. The van der Waals surface area contributed by atoms with E-state index in [1.54, 1.807) is 25.1 Å². The third-order valence-corrected chi connectivity index (χ3v) is 11.4. The SMILES string of the molecule is COC(=O)[C@H](CC1CCCCC1)OC1C(O)C(CO)OC(OC2CC(C(=O)NCCN)CC(C)C2OC2OC(C)C(O)C(O)C2O)C1OC(=O)c1ccccc1. The number of carbonyl (C=O) groups is 3. The standard InChI is InChI=1S/C39H60N2O15/c1-20-16-24(35(47)41-15-14-40)18-25(32(20)56-38-31(46)30(45)28(43)21(2)51-38)53-39-34(55-36(48)23-12-8-5-9-13-23)33(29(44)27(19-42)54-39)52-26(37(49)50-3)17-22-10-6-4-7-11-22/h5,8-9,12-13,20-22,24-34,38-39,42-46H,4,6-7,10-11,14-19,40H2,1-3H3,(H,41,47)/t20?,21?,24?,25?,26-,27?,28?,29?,30?,31?,32?,33?,34?,38?,39?/m0/s1. The summed E-state index contributed by atoms with van der Waals surface area (Å²) in [6.07, 6.45) is -12.2. The Morgan fingerprint density at radius 1 is 0.875 bits per heavy atom. The van der Waals surface area contributed by atoms with Crippen molar-refractivity contribution < 1.29 is 73.1 Å². The molecular formula is C39H60N2O15. The monoisotopic (exact) mass is 796 g/mol. The molecule has 1 aromatic rings. The van der Waals surface area contributed by atoms with Gasteiger partial charge in [0.2, 0.25) is 5.91 Å². The zero-order valence-corrected chi connectivity index (χ0v) is 32.3. The molecule has 4 fully saturated rings. The Kier molecular flexibility index (Phi) is 16.4. The van der Waals surface area contributed by atoms with E-state index in [0.29, 0.717) is 6.42 Å². The van der Waals surface area contributed by atoms with E-state index in [9.17, 15) is 39.9 Å². The average molecular weight is 797 g/mol. The van der Waals surface area contributed by atoms with Gasteiger partial charge in [-0.2, -0.15) is 0 Å². The molecule has 17 heteroatoms. The van der Waals surface area contributed by atoms with Gasteiger partial charge in [-0.3, -0.25) is 4.79 Å². The van der Waals surface area contributed by atoms with Gasteiger partial charge >= 0.3 is 11.9 Å². The van der Waals surface area contributed by atoms with E-state index in [1.807, 2.05) is 0 Å². The van der Waals surface area contributed by atoms with Crippen LogP contribution < -0.4 is 11.1 Å². The van der Waals surface area contributed by atoms with Crippen molar-refractivity contribution in [2.75, 3.05) is 26.8 Å². The predicted octanol–water partition coefficient (Wildman–Crippen LogP) is -0.0938. The molecule has 0 radical (unpaired) electrons. The lowest BCUT2D eigenvalue weighted by molar-refractivity contribution is -0.349. The number of aliphatic hydroxyl groups is 5. The van der Waals surface area contributed by atoms with Gasteiger partial charge in [0.25, 0.3) is 0 Å². The number of carbonyl (C=O) groups excluding carboxylic acids is 3. The molecule has 15 atom stereocenters. The Hall–Kier alpha value is -2.81. The minimum Gasteiger partial charge on any atom is -0.467 e. The smallest absolute Gasteiger partial charge is 0.338 e. The Bertz CT molecular complexity index is 1400. The molecule has 1 amide bonds. The maximum absolute atomic E-state index is 13.7. The van der Waals surface area contributed by atoms with Crippen LogP contribution in [0.1, 0.15) is 75.6 Å². The number of amides is 1. The average Bonchev–Trinajstić information content (AvgIpc) is 3.21. The fourth-order valence-electron chi connectivity index (χ4n) is 8.27. The molecule has 0 bridgehead atoms. The second kappa shape index (κ2) is 20.7. The van der Waals surface area contributed by atoms with E-state index in [-0.39, 0.29) is 43.3 Å². The molecule has 0 spiro atoms. The Morgan fingerprint density at radius 2 is 1.59 bits per heavy atom. The maximum atomic E-state index is 13.7. The highest BCUT2D eigenvalue weighted by atomic mass is 16.7. The number of rotatable bonds is 15. The van der Waals surface area contributed by atoms with Crippen molar-refractivity contribution >= 4 is 17.8 Å². The zero-order valence-electron chi connectivity index (χ0n) is 32.3. The number of nitrogens with one attached hydrogen (secondary N) is 1. The first-order valence-corrected chi connectivity index (χ1v) is 19.8. The van der Waals surface area contributed by atoms with Crippen molar-refractivity contribution in [3.63, 3.8) is 0 Å².